The number of alkyl halides is 1. The maximum absolute atomic E-state index is 12.5. The van der Waals surface area contributed by atoms with Gasteiger partial charge in [0.05, 0.1) is 0 Å². The summed E-state index contributed by atoms with van der Waals surface area (Å²) in [6.07, 6.45) is 6.79. The molecule has 2 nitrogen and oxygen atoms in total. The number of hydrogen-bond acceptors (Lipinski definition) is 1. The van der Waals surface area contributed by atoms with Crippen LogP contribution in [0.3, 0.4) is 0 Å². The Hall–Kier alpha value is -0.240. The van der Waals surface area contributed by atoms with Gasteiger partial charge in [-0.05, 0) is 19.3 Å². The fraction of sp³-hybridized carbons (Fsp3) is 0.923. The standard InChI is InChI=1S/C13H24ClNO/c1-3-10-15(11-9-14)12(16)13(2)7-5-4-6-8-13/h3-11H2,1-2H3. The van der Waals surface area contributed by atoms with E-state index in [1.165, 1.54) is 19.3 Å². The van der Waals surface area contributed by atoms with Crippen molar-refractivity contribution in [3.63, 3.8) is 0 Å². The molecule has 0 N–H and O–H groups in total. The first kappa shape index (κ1) is 13.8. The summed E-state index contributed by atoms with van der Waals surface area (Å²) in [6.45, 7) is 5.79. The van der Waals surface area contributed by atoms with Gasteiger partial charge in [0.1, 0.15) is 0 Å². The molecule has 0 aromatic heterocycles. The molecular formula is C13H24ClNO. The van der Waals surface area contributed by atoms with Crippen LogP contribution in [0.15, 0.2) is 0 Å². The maximum atomic E-state index is 12.5. The van der Waals surface area contributed by atoms with Gasteiger partial charge in [-0.15, -0.1) is 11.6 Å². The monoisotopic (exact) mass is 245 g/mol. The molecule has 1 aliphatic carbocycles. The lowest BCUT2D eigenvalue weighted by molar-refractivity contribution is -0.142. The zero-order valence-corrected chi connectivity index (χ0v) is 11.4. The molecule has 0 saturated heterocycles. The first-order valence-electron chi connectivity index (χ1n) is 6.49. The molecule has 0 unspecified atom stereocenters. The van der Waals surface area contributed by atoms with Crippen molar-refractivity contribution in [3.8, 4) is 0 Å². The van der Waals surface area contributed by atoms with E-state index >= 15 is 0 Å². The zero-order chi connectivity index (χ0) is 12.0. The Balaban J connectivity index is 2.63. The van der Waals surface area contributed by atoms with Gasteiger partial charge in [0.25, 0.3) is 0 Å². The van der Waals surface area contributed by atoms with Gasteiger partial charge in [0.2, 0.25) is 5.91 Å². The molecule has 1 rings (SSSR count). The maximum Gasteiger partial charge on any atom is 0.228 e. The lowest BCUT2D eigenvalue weighted by Gasteiger charge is -2.37. The lowest BCUT2D eigenvalue weighted by Crippen LogP contribution is -2.44. The third kappa shape index (κ3) is 3.38. The quantitative estimate of drug-likeness (QED) is 0.680. The van der Waals surface area contributed by atoms with Crippen LogP contribution in [-0.4, -0.2) is 29.8 Å². The highest BCUT2D eigenvalue weighted by molar-refractivity contribution is 6.18. The summed E-state index contributed by atoms with van der Waals surface area (Å²) in [5.74, 6) is 0.872. The number of rotatable bonds is 5. The summed E-state index contributed by atoms with van der Waals surface area (Å²) in [5.41, 5.74) is -0.112. The summed E-state index contributed by atoms with van der Waals surface area (Å²) in [4.78, 5) is 14.4. The van der Waals surface area contributed by atoms with Crippen LogP contribution in [0.1, 0.15) is 52.4 Å². The third-order valence-electron chi connectivity index (χ3n) is 3.61. The molecule has 0 aromatic carbocycles. The molecule has 3 heteroatoms. The molecule has 1 saturated carbocycles. The van der Waals surface area contributed by atoms with Gasteiger partial charge >= 0.3 is 0 Å². The average molecular weight is 246 g/mol. The molecule has 0 atom stereocenters. The van der Waals surface area contributed by atoms with Crippen molar-refractivity contribution in [2.24, 2.45) is 5.41 Å². The Morgan fingerprint density at radius 1 is 1.25 bits per heavy atom. The van der Waals surface area contributed by atoms with Crippen molar-refractivity contribution in [2.75, 3.05) is 19.0 Å². The van der Waals surface area contributed by atoms with Crippen LogP contribution in [0.25, 0.3) is 0 Å². The van der Waals surface area contributed by atoms with E-state index in [0.717, 1.165) is 25.8 Å². The predicted molar refractivity (Wildman–Crippen MR) is 68.8 cm³/mol. The highest BCUT2D eigenvalue weighted by atomic mass is 35.5. The molecule has 1 amide bonds. The summed E-state index contributed by atoms with van der Waals surface area (Å²) < 4.78 is 0. The van der Waals surface area contributed by atoms with Crippen LogP contribution < -0.4 is 0 Å². The number of carbonyl (C=O) groups is 1. The molecular weight excluding hydrogens is 222 g/mol. The first-order chi connectivity index (χ1) is 7.64. The van der Waals surface area contributed by atoms with Crippen molar-refractivity contribution in [1.29, 1.82) is 0 Å². The first-order valence-corrected chi connectivity index (χ1v) is 7.03. The van der Waals surface area contributed by atoms with E-state index in [1.54, 1.807) is 0 Å². The predicted octanol–water partition coefficient (Wildman–Crippen LogP) is 3.43. The molecule has 0 heterocycles. The number of halogens is 1. The van der Waals surface area contributed by atoms with Crippen LogP contribution in [-0.2, 0) is 4.79 Å². The average Bonchev–Trinajstić information content (AvgIpc) is 2.29. The van der Waals surface area contributed by atoms with Gasteiger partial charge < -0.3 is 4.90 Å². The number of nitrogens with zero attached hydrogens (tertiary/aromatic N) is 1. The van der Waals surface area contributed by atoms with Crippen LogP contribution in [0.2, 0.25) is 0 Å². The molecule has 0 aliphatic heterocycles. The van der Waals surface area contributed by atoms with Gasteiger partial charge in [-0.3, -0.25) is 4.79 Å². The van der Waals surface area contributed by atoms with Crippen molar-refractivity contribution >= 4 is 17.5 Å². The summed E-state index contributed by atoms with van der Waals surface area (Å²) in [7, 11) is 0. The topological polar surface area (TPSA) is 20.3 Å². The largest absolute Gasteiger partial charge is 0.341 e. The minimum Gasteiger partial charge on any atom is -0.341 e. The van der Waals surface area contributed by atoms with Gasteiger partial charge in [0.15, 0.2) is 0 Å². The summed E-state index contributed by atoms with van der Waals surface area (Å²) >= 11 is 5.77. The van der Waals surface area contributed by atoms with E-state index in [-0.39, 0.29) is 5.41 Å². The third-order valence-corrected chi connectivity index (χ3v) is 3.78. The molecule has 0 bridgehead atoms. The van der Waals surface area contributed by atoms with Crippen molar-refractivity contribution < 1.29 is 4.79 Å². The second kappa shape index (κ2) is 6.48. The Labute approximate surface area is 104 Å². The molecule has 16 heavy (non-hydrogen) atoms. The Kier molecular flexibility index (Phi) is 5.60. The van der Waals surface area contributed by atoms with E-state index in [0.29, 0.717) is 18.3 Å². The van der Waals surface area contributed by atoms with Gasteiger partial charge in [-0.2, -0.15) is 0 Å². The lowest BCUT2D eigenvalue weighted by atomic mass is 9.74. The number of carbonyl (C=O) groups excluding carboxylic acids is 1. The fourth-order valence-corrected chi connectivity index (χ4v) is 2.82. The molecule has 94 valence electrons. The molecule has 1 fully saturated rings. The van der Waals surface area contributed by atoms with E-state index < -0.39 is 0 Å². The second-order valence-electron chi connectivity index (χ2n) is 5.10. The van der Waals surface area contributed by atoms with Crippen molar-refractivity contribution in [2.45, 2.75) is 52.4 Å². The van der Waals surface area contributed by atoms with Crippen LogP contribution in [0, 0.1) is 5.41 Å². The Morgan fingerprint density at radius 2 is 1.88 bits per heavy atom. The van der Waals surface area contributed by atoms with E-state index in [4.69, 9.17) is 11.6 Å². The smallest absolute Gasteiger partial charge is 0.228 e. The minimum atomic E-state index is -0.112. The molecule has 0 spiro atoms. The number of amides is 1. The van der Waals surface area contributed by atoms with Crippen LogP contribution in [0.5, 0.6) is 0 Å². The van der Waals surface area contributed by atoms with Crippen molar-refractivity contribution in [3.05, 3.63) is 0 Å². The van der Waals surface area contributed by atoms with Crippen LogP contribution in [0.4, 0.5) is 0 Å². The highest BCUT2D eigenvalue weighted by Crippen LogP contribution is 2.37. The summed E-state index contributed by atoms with van der Waals surface area (Å²) in [5, 5.41) is 0. The van der Waals surface area contributed by atoms with Gasteiger partial charge in [0, 0.05) is 24.4 Å². The van der Waals surface area contributed by atoms with E-state index in [1.807, 2.05) is 4.90 Å². The number of hydrogen-bond donors (Lipinski definition) is 0. The van der Waals surface area contributed by atoms with Gasteiger partial charge in [-0.25, -0.2) is 0 Å². The Bertz CT molecular complexity index is 218. The molecule has 1 aliphatic rings. The Morgan fingerprint density at radius 3 is 2.38 bits per heavy atom. The summed E-state index contributed by atoms with van der Waals surface area (Å²) in [6, 6.07) is 0. The normalized spacial score (nSPS) is 19.4. The minimum absolute atomic E-state index is 0.112. The molecule has 0 radical (unpaired) electrons. The fourth-order valence-electron chi connectivity index (χ4n) is 2.61. The molecule has 0 aromatic rings. The van der Waals surface area contributed by atoms with Crippen molar-refractivity contribution in [1.82, 2.24) is 4.90 Å². The SMILES string of the molecule is CCCN(CCCl)C(=O)C1(C)CCCCC1. The van der Waals surface area contributed by atoms with E-state index in [2.05, 4.69) is 13.8 Å². The zero-order valence-electron chi connectivity index (χ0n) is 10.6. The van der Waals surface area contributed by atoms with Gasteiger partial charge in [-0.1, -0.05) is 33.1 Å². The van der Waals surface area contributed by atoms with Crippen LogP contribution >= 0.6 is 11.6 Å². The highest BCUT2D eigenvalue weighted by Gasteiger charge is 2.37. The van der Waals surface area contributed by atoms with E-state index in [9.17, 15) is 4.79 Å². The second-order valence-corrected chi connectivity index (χ2v) is 5.48.